The predicted octanol–water partition coefficient (Wildman–Crippen LogP) is 6.12. The van der Waals surface area contributed by atoms with Gasteiger partial charge >= 0.3 is 6.36 Å². The van der Waals surface area contributed by atoms with Crippen molar-refractivity contribution >= 4 is 40.5 Å². The Balaban J connectivity index is 2.68. The minimum Gasteiger partial charge on any atom is -0.406 e. The number of benzene rings is 2. The van der Waals surface area contributed by atoms with E-state index >= 15 is 0 Å². The molecular formula is C13H5Cl3F3NO3. The largest absolute Gasteiger partial charge is 0.573 e. The monoisotopic (exact) mass is 385 g/mol. The summed E-state index contributed by atoms with van der Waals surface area (Å²) >= 11 is 17.7. The highest BCUT2D eigenvalue weighted by Gasteiger charge is 2.32. The van der Waals surface area contributed by atoms with Crippen LogP contribution in [0, 0.1) is 10.1 Å². The van der Waals surface area contributed by atoms with Crippen molar-refractivity contribution in [3.63, 3.8) is 0 Å². The molecule has 0 radical (unpaired) electrons. The fourth-order valence-electron chi connectivity index (χ4n) is 1.84. The molecule has 23 heavy (non-hydrogen) atoms. The molecule has 0 N–H and O–H groups in total. The maximum absolute atomic E-state index is 12.3. The minimum absolute atomic E-state index is 0.00519. The molecule has 0 atom stereocenters. The van der Waals surface area contributed by atoms with Crippen molar-refractivity contribution < 1.29 is 22.8 Å². The molecule has 0 spiro atoms. The molecule has 0 aliphatic heterocycles. The van der Waals surface area contributed by atoms with Crippen LogP contribution in [0.25, 0.3) is 11.1 Å². The second-order valence-corrected chi connectivity index (χ2v) is 5.45. The van der Waals surface area contributed by atoms with Crippen molar-refractivity contribution in [3.8, 4) is 16.9 Å². The van der Waals surface area contributed by atoms with Crippen LogP contribution < -0.4 is 4.74 Å². The van der Waals surface area contributed by atoms with Gasteiger partial charge in [-0.1, -0.05) is 34.8 Å². The summed E-state index contributed by atoms with van der Waals surface area (Å²) in [5.41, 5.74) is -0.658. The van der Waals surface area contributed by atoms with Gasteiger partial charge < -0.3 is 4.74 Å². The van der Waals surface area contributed by atoms with E-state index in [2.05, 4.69) is 4.74 Å². The van der Waals surface area contributed by atoms with E-state index in [1.165, 1.54) is 12.1 Å². The first-order chi connectivity index (χ1) is 10.6. The van der Waals surface area contributed by atoms with Crippen LogP contribution in [0.2, 0.25) is 15.1 Å². The Bertz CT molecular complexity index is 781. The molecule has 0 bridgehead atoms. The molecule has 0 unspecified atom stereocenters. The van der Waals surface area contributed by atoms with Gasteiger partial charge in [-0.15, -0.1) is 13.2 Å². The zero-order valence-electron chi connectivity index (χ0n) is 10.8. The van der Waals surface area contributed by atoms with E-state index in [-0.39, 0.29) is 26.2 Å². The van der Waals surface area contributed by atoms with Gasteiger partial charge in [-0.3, -0.25) is 10.1 Å². The van der Waals surface area contributed by atoms with Gasteiger partial charge in [0.2, 0.25) is 0 Å². The van der Waals surface area contributed by atoms with Gasteiger partial charge in [-0.2, -0.15) is 0 Å². The molecule has 0 aliphatic rings. The topological polar surface area (TPSA) is 52.4 Å². The minimum atomic E-state index is -4.94. The van der Waals surface area contributed by atoms with Crippen LogP contribution in [0.4, 0.5) is 18.9 Å². The zero-order chi connectivity index (χ0) is 17.4. The summed E-state index contributed by atoms with van der Waals surface area (Å²) in [6, 6.07) is 5.11. The summed E-state index contributed by atoms with van der Waals surface area (Å²) in [6.45, 7) is 0. The summed E-state index contributed by atoms with van der Waals surface area (Å²) in [6.07, 6.45) is -4.94. The Hall–Kier alpha value is -1.70. The fourth-order valence-corrected chi connectivity index (χ4v) is 2.54. The fraction of sp³-hybridized carbons (Fsp3) is 0.0769. The molecule has 0 amide bonds. The molecule has 2 aromatic carbocycles. The molecule has 122 valence electrons. The van der Waals surface area contributed by atoms with Crippen LogP contribution in [-0.4, -0.2) is 11.3 Å². The van der Waals surface area contributed by atoms with Gasteiger partial charge in [0.15, 0.2) is 0 Å². The van der Waals surface area contributed by atoms with Crippen LogP contribution >= 0.6 is 34.8 Å². The first-order valence-electron chi connectivity index (χ1n) is 5.77. The van der Waals surface area contributed by atoms with E-state index in [0.717, 1.165) is 18.2 Å². The van der Waals surface area contributed by atoms with Gasteiger partial charge in [0.1, 0.15) is 5.75 Å². The number of hydrogen-bond donors (Lipinski definition) is 0. The highest BCUT2D eigenvalue weighted by atomic mass is 35.5. The third-order valence-corrected chi connectivity index (χ3v) is 3.70. The molecule has 2 aromatic rings. The molecule has 4 nitrogen and oxygen atoms in total. The molecule has 0 aromatic heterocycles. The van der Waals surface area contributed by atoms with Crippen molar-refractivity contribution in [2.24, 2.45) is 0 Å². The lowest BCUT2D eigenvalue weighted by atomic mass is 10.0. The molecular weight excluding hydrogens is 382 g/mol. The van der Waals surface area contributed by atoms with E-state index in [9.17, 15) is 23.3 Å². The van der Waals surface area contributed by atoms with E-state index < -0.39 is 22.7 Å². The summed E-state index contributed by atoms with van der Waals surface area (Å²) in [5, 5.41) is 11.1. The molecule has 0 fully saturated rings. The SMILES string of the molecule is O=[N+]([O-])c1ccc(OC(F)(F)F)cc1-c1cc(Cl)cc(Cl)c1Cl. The highest BCUT2D eigenvalue weighted by molar-refractivity contribution is 6.45. The average Bonchev–Trinajstić information content (AvgIpc) is 2.40. The normalized spacial score (nSPS) is 11.4. The van der Waals surface area contributed by atoms with Crippen molar-refractivity contribution in [1.82, 2.24) is 0 Å². The third-order valence-electron chi connectivity index (χ3n) is 2.68. The molecule has 0 saturated carbocycles. The van der Waals surface area contributed by atoms with Crippen LogP contribution in [-0.2, 0) is 0 Å². The van der Waals surface area contributed by atoms with Crippen LogP contribution in [0.3, 0.4) is 0 Å². The van der Waals surface area contributed by atoms with E-state index in [1.807, 2.05) is 0 Å². The highest BCUT2D eigenvalue weighted by Crippen LogP contribution is 2.42. The standard InChI is InChI=1S/C13H5Cl3F3NO3/c14-6-3-9(12(16)10(15)4-6)8-5-7(23-13(17,18)19)1-2-11(8)20(21)22/h1-5H. The number of rotatable bonds is 3. The number of alkyl halides is 3. The first kappa shape index (κ1) is 17.7. The molecule has 0 saturated heterocycles. The van der Waals surface area contributed by atoms with Crippen molar-refractivity contribution in [3.05, 3.63) is 55.5 Å². The quantitative estimate of drug-likeness (QED) is 0.363. The number of nitro benzene ring substituents is 1. The summed E-state index contributed by atoms with van der Waals surface area (Å²) in [7, 11) is 0. The van der Waals surface area contributed by atoms with Crippen molar-refractivity contribution in [2.75, 3.05) is 0 Å². The predicted molar refractivity (Wildman–Crippen MR) is 80.2 cm³/mol. The summed E-state index contributed by atoms with van der Waals surface area (Å²) in [5.74, 6) is -0.634. The Labute approximate surface area is 142 Å². The lowest BCUT2D eigenvalue weighted by Crippen LogP contribution is -2.17. The van der Waals surface area contributed by atoms with Gasteiger partial charge in [-0.25, -0.2) is 0 Å². The van der Waals surface area contributed by atoms with E-state index in [1.54, 1.807) is 0 Å². The number of ether oxygens (including phenoxy) is 1. The smallest absolute Gasteiger partial charge is 0.406 e. The maximum Gasteiger partial charge on any atom is 0.573 e. The Morgan fingerprint density at radius 1 is 1.04 bits per heavy atom. The zero-order valence-corrected chi connectivity index (χ0v) is 13.1. The Kier molecular flexibility index (Phi) is 4.93. The van der Waals surface area contributed by atoms with E-state index in [4.69, 9.17) is 34.8 Å². The van der Waals surface area contributed by atoms with Gasteiger partial charge in [0.25, 0.3) is 5.69 Å². The second-order valence-electron chi connectivity index (χ2n) is 4.23. The Morgan fingerprint density at radius 2 is 1.70 bits per heavy atom. The third kappa shape index (κ3) is 4.19. The van der Waals surface area contributed by atoms with Crippen LogP contribution in [0.1, 0.15) is 0 Å². The van der Waals surface area contributed by atoms with Crippen LogP contribution in [0.15, 0.2) is 30.3 Å². The Morgan fingerprint density at radius 3 is 2.26 bits per heavy atom. The number of halogens is 6. The van der Waals surface area contributed by atoms with Crippen LogP contribution in [0.5, 0.6) is 5.75 Å². The summed E-state index contributed by atoms with van der Waals surface area (Å²) < 4.78 is 40.7. The van der Waals surface area contributed by atoms with Crippen molar-refractivity contribution in [2.45, 2.75) is 6.36 Å². The molecule has 0 aliphatic carbocycles. The number of hydrogen-bond acceptors (Lipinski definition) is 3. The van der Waals surface area contributed by atoms with Gasteiger partial charge in [0, 0.05) is 16.7 Å². The average molecular weight is 387 g/mol. The van der Waals surface area contributed by atoms with Gasteiger partial charge in [-0.05, 0) is 24.3 Å². The first-order valence-corrected chi connectivity index (χ1v) is 6.91. The molecule has 10 heteroatoms. The maximum atomic E-state index is 12.3. The number of nitro groups is 1. The molecule has 0 heterocycles. The van der Waals surface area contributed by atoms with Gasteiger partial charge in [0.05, 0.1) is 20.5 Å². The van der Waals surface area contributed by atoms with E-state index in [0.29, 0.717) is 0 Å². The molecule has 2 rings (SSSR count). The second kappa shape index (κ2) is 6.43. The van der Waals surface area contributed by atoms with Crippen molar-refractivity contribution in [1.29, 1.82) is 0 Å². The lowest BCUT2D eigenvalue weighted by Gasteiger charge is -2.12. The summed E-state index contributed by atoms with van der Waals surface area (Å²) in [4.78, 5) is 10.3. The number of nitrogens with zero attached hydrogens (tertiary/aromatic N) is 1. The lowest BCUT2D eigenvalue weighted by molar-refractivity contribution is -0.384.